The summed E-state index contributed by atoms with van der Waals surface area (Å²) in [6.07, 6.45) is 2.79. The van der Waals surface area contributed by atoms with Crippen molar-refractivity contribution in [3.05, 3.63) is 29.8 Å². The van der Waals surface area contributed by atoms with Gasteiger partial charge in [0.05, 0.1) is 6.10 Å². The standard InChI is InChI=1S/C16H26N2O2/c1-17-12-14-5-3-6-15(11-14)20-10-9-18-8-4-7-16(13-18)19-2/h3,5-6,11,16-17H,4,7-10,12-13H2,1-2H3. The van der Waals surface area contributed by atoms with Gasteiger partial charge in [0.25, 0.3) is 0 Å². The molecule has 1 N–H and O–H groups in total. The quantitative estimate of drug-likeness (QED) is 0.826. The van der Waals surface area contributed by atoms with E-state index < -0.39 is 0 Å². The molecular formula is C16H26N2O2. The third-order valence-electron chi connectivity index (χ3n) is 3.75. The predicted octanol–water partition coefficient (Wildman–Crippen LogP) is 1.90. The Labute approximate surface area is 122 Å². The summed E-state index contributed by atoms with van der Waals surface area (Å²) >= 11 is 0. The molecule has 0 bridgehead atoms. The Balaban J connectivity index is 1.73. The van der Waals surface area contributed by atoms with Crippen LogP contribution in [0.1, 0.15) is 18.4 Å². The molecule has 1 aliphatic rings. The summed E-state index contributed by atoms with van der Waals surface area (Å²) in [6.45, 7) is 4.76. The number of ether oxygens (including phenoxy) is 2. The number of hydrogen-bond donors (Lipinski definition) is 1. The van der Waals surface area contributed by atoms with E-state index >= 15 is 0 Å². The van der Waals surface area contributed by atoms with Crippen LogP contribution in [0.5, 0.6) is 5.75 Å². The van der Waals surface area contributed by atoms with Crippen molar-refractivity contribution < 1.29 is 9.47 Å². The first-order valence-electron chi connectivity index (χ1n) is 7.43. The average molecular weight is 278 g/mol. The lowest BCUT2D eigenvalue weighted by molar-refractivity contribution is 0.0272. The maximum atomic E-state index is 5.85. The first-order valence-corrected chi connectivity index (χ1v) is 7.43. The van der Waals surface area contributed by atoms with E-state index in [0.717, 1.165) is 38.5 Å². The lowest BCUT2D eigenvalue weighted by Gasteiger charge is -2.31. The molecule has 1 saturated heterocycles. The number of benzene rings is 1. The van der Waals surface area contributed by atoms with Crippen LogP contribution in [0.15, 0.2) is 24.3 Å². The second kappa shape index (κ2) is 8.25. The highest BCUT2D eigenvalue weighted by atomic mass is 16.5. The summed E-state index contributed by atoms with van der Waals surface area (Å²) < 4.78 is 11.3. The number of piperidine rings is 1. The zero-order chi connectivity index (χ0) is 14.2. The van der Waals surface area contributed by atoms with Gasteiger partial charge in [0.1, 0.15) is 12.4 Å². The summed E-state index contributed by atoms with van der Waals surface area (Å²) in [6, 6.07) is 8.28. The van der Waals surface area contributed by atoms with Gasteiger partial charge in [0.2, 0.25) is 0 Å². The Bertz CT molecular complexity index is 398. The Morgan fingerprint density at radius 2 is 2.30 bits per heavy atom. The molecule has 4 nitrogen and oxygen atoms in total. The lowest BCUT2D eigenvalue weighted by Crippen LogP contribution is -2.41. The summed E-state index contributed by atoms with van der Waals surface area (Å²) in [5, 5.41) is 3.15. The molecule has 1 atom stereocenters. The van der Waals surface area contributed by atoms with E-state index in [1.54, 1.807) is 7.11 Å². The SMILES string of the molecule is CNCc1cccc(OCCN2CCCC(OC)C2)c1. The Morgan fingerprint density at radius 3 is 3.10 bits per heavy atom. The number of methoxy groups -OCH3 is 1. The fraction of sp³-hybridized carbons (Fsp3) is 0.625. The van der Waals surface area contributed by atoms with Crippen LogP contribution in [-0.4, -0.2) is 51.4 Å². The number of nitrogens with one attached hydrogen (secondary N) is 1. The van der Waals surface area contributed by atoms with Gasteiger partial charge in [-0.15, -0.1) is 0 Å². The van der Waals surface area contributed by atoms with Gasteiger partial charge in [-0.25, -0.2) is 0 Å². The zero-order valence-corrected chi connectivity index (χ0v) is 12.6. The summed E-state index contributed by atoms with van der Waals surface area (Å²) in [4.78, 5) is 2.43. The van der Waals surface area contributed by atoms with Crippen molar-refractivity contribution >= 4 is 0 Å². The number of hydrogen-bond acceptors (Lipinski definition) is 4. The monoisotopic (exact) mass is 278 g/mol. The molecule has 1 aromatic rings. The van der Waals surface area contributed by atoms with Crippen LogP contribution in [0.25, 0.3) is 0 Å². The van der Waals surface area contributed by atoms with Gasteiger partial charge in [0, 0.05) is 26.7 Å². The molecule has 20 heavy (non-hydrogen) atoms. The van der Waals surface area contributed by atoms with Crippen molar-refractivity contribution in [2.24, 2.45) is 0 Å². The van der Waals surface area contributed by atoms with Gasteiger partial charge >= 0.3 is 0 Å². The summed E-state index contributed by atoms with van der Waals surface area (Å²) in [7, 11) is 3.76. The third kappa shape index (κ3) is 4.78. The van der Waals surface area contributed by atoms with E-state index in [2.05, 4.69) is 22.3 Å². The highest BCUT2D eigenvalue weighted by Gasteiger charge is 2.18. The molecule has 0 amide bonds. The van der Waals surface area contributed by atoms with Crippen LogP contribution in [0.2, 0.25) is 0 Å². The van der Waals surface area contributed by atoms with Gasteiger partial charge in [-0.05, 0) is 44.1 Å². The first-order chi connectivity index (χ1) is 9.81. The molecule has 1 fully saturated rings. The van der Waals surface area contributed by atoms with Gasteiger partial charge in [0.15, 0.2) is 0 Å². The molecule has 0 radical (unpaired) electrons. The highest BCUT2D eigenvalue weighted by molar-refractivity contribution is 5.28. The van der Waals surface area contributed by atoms with Crippen LogP contribution < -0.4 is 10.1 Å². The fourth-order valence-corrected chi connectivity index (χ4v) is 2.65. The van der Waals surface area contributed by atoms with Gasteiger partial charge in [-0.3, -0.25) is 4.90 Å². The van der Waals surface area contributed by atoms with Crippen LogP contribution in [0.3, 0.4) is 0 Å². The Kier molecular flexibility index (Phi) is 6.30. The summed E-state index contributed by atoms with van der Waals surface area (Å²) in [5.74, 6) is 0.957. The molecule has 1 aliphatic heterocycles. The number of likely N-dealkylation sites (tertiary alicyclic amines) is 1. The molecule has 0 spiro atoms. The second-order valence-corrected chi connectivity index (χ2v) is 5.33. The van der Waals surface area contributed by atoms with Gasteiger partial charge in [-0.2, -0.15) is 0 Å². The van der Waals surface area contributed by atoms with E-state index in [1.165, 1.54) is 18.4 Å². The topological polar surface area (TPSA) is 33.7 Å². The average Bonchev–Trinajstić information content (AvgIpc) is 2.48. The maximum absolute atomic E-state index is 5.85. The van der Waals surface area contributed by atoms with Crippen molar-refractivity contribution in [2.75, 3.05) is 40.4 Å². The van der Waals surface area contributed by atoms with E-state index in [9.17, 15) is 0 Å². The van der Waals surface area contributed by atoms with E-state index in [0.29, 0.717) is 6.10 Å². The largest absolute Gasteiger partial charge is 0.492 e. The second-order valence-electron chi connectivity index (χ2n) is 5.33. The number of nitrogens with zero attached hydrogens (tertiary/aromatic N) is 1. The molecule has 1 unspecified atom stereocenters. The van der Waals surface area contributed by atoms with Crippen molar-refractivity contribution in [3.63, 3.8) is 0 Å². The smallest absolute Gasteiger partial charge is 0.119 e. The molecule has 1 aromatic carbocycles. The maximum Gasteiger partial charge on any atom is 0.119 e. The van der Waals surface area contributed by atoms with Crippen LogP contribution in [0, 0.1) is 0 Å². The van der Waals surface area contributed by atoms with E-state index in [4.69, 9.17) is 9.47 Å². The molecule has 0 aliphatic carbocycles. The summed E-state index contributed by atoms with van der Waals surface area (Å²) in [5.41, 5.74) is 1.25. The lowest BCUT2D eigenvalue weighted by atomic mass is 10.1. The minimum absolute atomic E-state index is 0.391. The van der Waals surface area contributed by atoms with Gasteiger partial charge in [-0.1, -0.05) is 12.1 Å². The molecule has 2 rings (SSSR count). The Morgan fingerprint density at radius 1 is 1.40 bits per heavy atom. The molecule has 0 saturated carbocycles. The van der Waals surface area contributed by atoms with E-state index in [1.807, 2.05) is 19.2 Å². The predicted molar refractivity (Wildman–Crippen MR) is 81.2 cm³/mol. The zero-order valence-electron chi connectivity index (χ0n) is 12.6. The normalized spacial score (nSPS) is 20.0. The molecule has 0 aromatic heterocycles. The third-order valence-corrected chi connectivity index (χ3v) is 3.75. The first kappa shape index (κ1) is 15.3. The molecule has 112 valence electrons. The van der Waals surface area contributed by atoms with Crippen molar-refractivity contribution in [1.82, 2.24) is 10.2 Å². The minimum Gasteiger partial charge on any atom is -0.492 e. The Hall–Kier alpha value is -1.10. The van der Waals surface area contributed by atoms with Crippen LogP contribution in [0.4, 0.5) is 0 Å². The number of rotatable bonds is 7. The van der Waals surface area contributed by atoms with Crippen molar-refractivity contribution in [2.45, 2.75) is 25.5 Å². The van der Waals surface area contributed by atoms with Crippen molar-refractivity contribution in [3.8, 4) is 5.75 Å². The van der Waals surface area contributed by atoms with Gasteiger partial charge < -0.3 is 14.8 Å². The van der Waals surface area contributed by atoms with Crippen LogP contribution >= 0.6 is 0 Å². The fourth-order valence-electron chi connectivity index (χ4n) is 2.65. The van der Waals surface area contributed by atoms with Crippen LogP contribution in [-0.2, 0) is 11.3 Å². The molecular weight excluding hydrogens is 252 g/mol. The van der Waals surface area contributed by atoms with Crippen molar-refractivity contribution in [1.29, 1.82) is 0 Å². The minimum atomic E-state index is 0.391. The highest BCUT2D eigenvalue weighted by Crippen LogP contribution is 2.15. The molecule has 1 heterocycles. The van der Waals surface area contributed by atoms with E-state index in [-0.39, 0.29) is 0 Å². The molecule has 4 heteroatoms.